The number of likely N-dealkylation sites (tertiary alicyclic amines) is 1. The summed E-state index contributed by atoms with van der Waals surface area (Å²) in [5.74, 6) is 0.807. The first-order valence-electron chi connectivity index (χ1n) is 8.67. The summed E-state index contributed by atoms with van der Waals surface area (Å²) >= 11 is 0. The van der Waals surface area contributed by atoms with Crippen LogP contribution in [0.3, 0.4) is 0 Å². The highest BCUT2D eigenvalue weighted by molar-refractivity contribution is 5.68. The third-order valence-corrected chi connectivity index (χ3v) is 4.39. The minimum atomic E-state index is -0.812. The molecule has 0 radical (unpaired) electrons. The van der Waals surface area contributed by atoms with Crippen molar-refractivity contribution in [3.05, 3.63) is 24.3 Å². The van der Waals surface area contributed by atoms with Crippen LogP contribution in [-0.4, -0.2) is 61.1 Å². The molecule has 0 unspecified atom stereocenters. The van der Waals surface area contributed by atoms with Crippen molar-refractivity contribution in [2.45, 2.75) is 44.8 Å². The Kier molecular flexibility index (Phi) is 5.83. The van der Waals surface area contributed by atoms with Crippen LogP contribution in [0.2, 0.25) is 0 Å². The first-order valence-corrected chi connectivity index (χ1v) is 8.67. The van der Waals surface area contributed by atoms with E-state index in [1.165, 1.54) is 0 Å². The number of anilines is 1. The predicted octanol–water partition coefficient (Wildman–Crippen LogP) is 2.89. The van der Waals surface area contributed by atoms with Crippen molar-refractivity contribution in [3.63, 3.8) is 0 Å². The van der Waals surface area contributed by atoms with E-state index in [0.717, 1.165) is 11.4 Å². The lowest BCUT2D eigenvalue weighted by atomic mass is 9.91. The normalized spacial score (nSPS) is 17.1. The number of hydrogen-bond donors (Lipinski definition) is 1. The molecule has 1 saturated heterocycles. The van der Waals surface area contributed by atoms with Gasteiger partial charge >= 0.3 is 6.09 Å². The number of likely N-dealkylation sites (N-methyl/N-ethyl adjacent to an activating group) is 1. The van der Waals surface area contributed by atoms with Crippen LogP contribution in [0.5, 0.6) is 5.75 Å². The molecule has 0 bridgehead atoms. The van der Waals surface area contributed by atoms with Gasteiger partial charge in [-0.15, -0.1) is 0 Å². The van der Waals surface area contributed by atoms with Crippen molar-refractivity contribution in [1.82, 2.24) is 4.90 Å². The number of amides is 1. The van der Waals surface area contributed by atoms with Gasteiger partial charge in [0.2, 0.25) is 0 Å². The number of nitrogens with zero attached hydrogens (tertiary/aromatic N) is 2. The van der Waals surface area contributed by atoms with Crippen molar-refractivity contribution in [2.24, 2.45) is 0 Å². The first kappa shape index (κ1) is 19.4. The van der Waals surface area contributed by atoms with Crippen LogP contribution in [0.4, 0.5) is 10.5 Å². The van der Waals surface area contributed by atoms with Gasteiger partial charge in [-0.05, 0) is 57.9 Å². The third-order valence-electron chi connectivity index (χ3n) is 4.39. The quantitative estimate of drug-likeness (QED) is 0.905. The highest BCUT2D eigenvalue weighted by atomic mass is 16.6. The van der Waals surface area contributed by atoms with Crippen LogP contribution < -0.4 is 9.64 Å². The Morgan fingerprint density at radius 1 is 1.24 bits per heavy atom. The minimum Gasteiger partial charge on any atom is -0.497 e. The second-order valence-electron chi connectivity index (χ2n) is 7.75. The second kappa shape index (κ2) is 7.52. The molecule has 140 valence electrons. The molecule has 6 nitrogen and oxygen atoms in total. The lowest BCUT2D eigenvalue weighted by Crippen LogP contribution is -2.52. The third kappa shape index (κ3) is 5.53. The Balaban J connectivity index is 1.90. The predicted molar refractivity (Wildman–Crippen MR) is 98.3 cm³/mol. The molecule has 1 fully saturated rings. The summed E-state index contributed by atoms with van der Waals surface area (Å²) in [6, 6.07) is 7.75. The van der Waals surface area contributed by atoms with Crippen molar-refractivity contribution < 1.29 is 19.4 Å². The number of carbonyl (C=O) groups excluding carboxylic acids is 1. The molecule has 6 heteroatoms. The molecule has 2 rings (SSSR count). The van der Waals surface area contributed by atoms with Crippen LogP contribution in [0.1, 0.15) is 33.6 Å². The van der Waals surface area contributed by atoms with E-state index >= 15 is 0 Å². The molecule has 0 spiro atoms. The van der Waals surface area contributed by atoms with Gasteiger partial charge in [0.05, 0.1) is 12.7 Å². The number of ether oxygens (including phenoxy) is 2. The van der Waals surface area contributed by atoms with Gasteiger partial charge in [0, 0.05) is 32.4 Å². The van der Waals surface area contributed by atoms with Gasteiger partial charge in [0.15, 0.2) is 0 Å². The van der Waals surface area contributed by atoms with E-state index in [4.69, 9.17) is 9.47 Å². The Hall–Kier alpha value is -1.95. The van der Waals surface area contributed by atoms with Crippen LogP contribution >= 0.6 is 0 Å². The fraction of sp³-hybridized carbons (Fsp3) is 0.632. The van der Waals surface area contributed by atoms with Crippen molar-refractivity contribution >= 4 is 11.8 Å². The minimum absolute atomic E-state index is 0.307. The summed E-state index contributed by atoms with van der Waals surface area (Å²) in [5, 5.41) is 10.9. The fourth-order valence-electron chi connectivity index (χ4n) is 2.96. The molecule has 25 heavy (non-hydrogen) atoms. The van der Waals surface area contributed by atoms with Gasteiger partial charge in [-0.2, -0.15) is 0 Å². The van der Waals surface area contributed by atoms with Crippen LogP contribution in [0.15, 0.2) is 24.3 Å². The molecule has 1 N–H and O–H groups in total. The monoisotopic (exact) mass is 350 g/mol. The van der Waals surface area contributed by atoms with Crippen molar-refractivity contribution in [2.75, 3.05) is 38.7 Å². The zero-order valence-corrected chi connectivity index (χ0v) is 15.9. The molecule has 0 saturated carbocycles. The second-order valence-corrected chi connectivity index (χ2v) is 7.75. The van der Waals surface area contributed by atoms with Gasteiger partial charge in [0.1, 0.15) is 11.4 Å². The Morgan fingerprint density at radius 3 is 2.28 bits per heavy atom. The maximum absolute atomic E-state index is 12.1. The standard InChI is InChI=1S/C19H30N2O4/c1-18(2,3)25-17(22)21-12-10-19(23,11-13-21)14-20(4)15-6-8-16(24-5)9-7-15/h6-9,23H,10-14H2,1-5H3. The number of hydrogen-bond acceptors (Lipinski definition) is 5. The zero-order chi connectivity index (χ0) is 18.7. The van der Waals surface area contributed by atoms with E-state index in [1.807, 2.05) is 57.0 Å². The molecular formula is C19H30N2O4. The Bertz CT molecular complexity index is 572. The largest absolute Gasteiger partial charge is 0.497 e. The van der Waals surface area contributed by atoms with E-state index in [1.54, 1.807) is 12.0 Å². The molecule has 0 aromatic heterocycles. The number of piperidine rings is 1. The summed E-state index contributed by atoms with van der Waals surface area (Å²) in [4.78, 5) is 15.8. The topological polar surface area (TPSA) is 62.2 Å². The zero-order valence-electron chi connectivity index (χ0n) is 15.9. The molecule has 1 heterocycles. The van der Waals surface area contributed by atoms with Gasteiger partial charge in [-0.1, -0.05) is 0 Å². The van der Waals surface area contributed by atoms with Gasteiger partial charge < -0.3 is 24.4 Å². The fourth-order valence-corrected chi connectivity index (χ4v) is 2.96. The lowest BCUT2D eigenvalue weighted by Gasteiger charge is -2.40. The van der Waals surface area contributed by atoms with E-state index in [2.05, 4.69) is 0 Å². The molecule has 1 aromatic carbocycles. The summed E-state index contributed by atoms with van der Waals surface area (Å²) in [5.41, 5.74) is -0.295. The van der Waals surface area contributed by atoms with Gasteiger partial charge in [0.25, 0.3) is 0 Å². The SMILES string of the molecule is COc1ccc(N(C)CC2(O)CCN(C(=O)OC(C)(C)C)CC2)cc1. The van der Waals surface area contributed by atoms with E-state index in [-0.39, 0.29) is 6.09 Å². The molecular weight excluding hydrogens is 320 g/mol. The average Bonchev–Trinajstić information content (AvgIpc) is 2.53. The highest BCUT2D eigenvalue weighted by Crippen LogP contribution is 2.27. The highest BCUT2D eigenvalue weighted by Gasteiger charge is 2.36. The van der Waals surface area contributed by atoms with Crippen LogP contribution in [-0.2, 0) is 4.74 Å². The Labute approximate surface area is 150 Å². The summed E-state index contributed by atoms with van der Waals surface area (Å²) in [6.45, 7) is 7.09. The van der Waals surface area contributed by atoms with Crippen LogP contribution in [0, 0.1) is 0 Å². The number of rotatable bonds is 4. The van der Waals surface area contributed by atoms with E-state index in [0.29, 0.717) is 32.5 Å². The Morgan fingerprint density at radius 2 is 1.80 bits per heavy atom. The smallest absolute Gasteiger partial charge is 0.410 e. The molecule has 1 aromatic rings. The molecule has 1 amide bonds. The van der Waals surface area contributed by atoms with Crippen molar-refractivity contribution in [3.8, 4) is 5.75 Å². The number of methoxy groups -OCH3 is 1. The summed E-state index contributed by atoms with van der Waals surface area (Å²) in [6.07, 6.45) is 0.762. The maximum Gasteiger partial charge on any atom is 0.410 e. The maximum atomic E-state index is 12.1. The van der Waals surface area contributed by atoms with Crippen LogP contribution in [0.25, 0.3) is 0 Å². The summed E-state index contributed by atoms with van der Waals surface area (Å²) < 4.78 is 10.6. The van der Waals surface area contributed by atoms with Crippen molar-refractivity contribution in [1.29, 1.82) is 0 Å². The van der Waals surface area contributed by atoms with Gasteiger partial charge in [-0.3, -0.25) is 0 Å². The summed E-state index contributed by atoms with van der Waals surface area (Å²) in [7, 11) is 3.60. The molecule has 0 aliphatic carbocycles. The molecule has 0 atom stereocenters. The van der Waals surface area contributed by atoms with Gasteiger partial charge in [-0.25, -0.2) is 4.79 Å². The number of benzene rings is 1. The van der Waals surface area contributed by atoms with E-state index in [9.17, 15) is 9.90 Å². The molecule has 1 aliphatic heterocycles. The number of aliphatic hydroxyl groups is 1. The molecule has 1 aliphatic rings. The van der Waals surface area contributed by atoms with E-state index < -0.39 is 11.2 Å². The first-order chi connectivity index (χ1) is 11.6. The lowest BCUT2D eigenvalue weighted by molar-refractivity contribution is -0.0270. The average molecular weight is 350 g/mol. The number of carbonyl (C=O) groups is 1.